The summed E-state index contributed by atoms with van der Waals surface area (Å²) < 4.78 is 15.8. The lowest BCUT2D eigenvalue weighted by atomic mass is 9.87. The number of aromatic nitrogens is 2. The average molecular weight is 375 g/mol. The second-order valence-corrected chi connectivity index (χ2v) is 8.18. The number of aryl methyl sites for hydroxylation is 1. The molecule has 2 aromatic heterocycles. The number of alkyl halides is 1. The van der Waals surface area contributed by atoms with E-state index in [9.17, 15) is 4.39 Å². The number of allylic oxidation sites excluding steroid dienone is 2. The molecule has 0 unspecified atom stereocenters. The SMILES string of the molecule is CC(=C1CCCc2cnccc21)n1c2c(c3cc(CF)ccc31)CN(C)CC2. The van der Waals surface area contributed by atoms with Crippen LogP contribution in [0.3, 0.4) is 0 Å². The van der Waals surface area contributed by atoms with E-state index in [0.717, 1.165) is 37.9 Å². The van der Waals surface area contributed by atoms with Crippen LogP contribution in [0.1, 0.15) is 47.7 Å². The highest BCUT2D eigenvalue weighted by Crippen LogP contribution is 2.39. The van der Waals surface area contributed by atoms with Gasteiger partial charge in [-0.2, -0.15) is 0 Å². The maximum absolute atomic E-state index is 13.4. The van der Waals surface area contributed by atoms with Crippen LogP contribution in [0, 0.1) is 0 Å². The molecule has 3 nitrogen and oxygen atoms in total. The van der Waals surface area contributed by atoms with E-state index in [1.54, 1.807) is 0 Å². The molecule has 1 aliphatic heterocycles. The molecular formula is C24H26FN3. The third kappa shape index (κ3) is 2.70. The minimum atomic E-state index is -0.411. The highest BCUT2D eigenvalue weighted by atomic mass is 19.1. The lowest BCUT2D eigenvalue weighted by Gasteiger charge is -2.26. The fourth-order valence-electron chi connectivity index (χ4n) is 5.03. The first-order valence-corrected chi connectivity index (χ1v) is 10.2. The molecule has 1 aromatic carbocycles. The summed E-state index contributed by atoms with van der Waals surface area (Å²) in [7, 11) is 2.17. The Hall–Kier alpha value is -2.46. The second kappa shape index (κ2) is 6.85. The monoisotopic (exact) mass is 375 g/mol. The van der Waals surface area contributed by atoms with E-state index in [-0.39, 0.29) is 0 Å². The lowest BCUT2D eigenvalue weighted by Crippen LogP contribution is -2.27. The van der Waals surface area contributed by atoms with Crippen LogP contribution in [0.25, 0.3) is 22.2 Å². The van der Waals surface area contributed by atoms with Gasteiger partial charge in [-0.25, -0.2) is 4.39 Å². The van der Waals surface area contributed by atoms with Gasteiger partial charge in [-0.3, -0.25) is 4.98 Å². The van der Waals surface area contributed by atoms with Gasteiger partial charge >= 0.3 is 0 Å². The number of nitrogens with zero attached hydrogens (tertiary/aromatic N) is 3. The molecule has 5 rings (SSSR count). The zero-order valence-electron chi connectivity index (χ0n) is 16.6. The van der Waals surface area contributed by atoms with E-state index in [1.807, 2.05) is 18.5 Å². The highest BCUT2D eigenvalue weighted by Gasteiger charge is 2.25. The van der Waals surface area contributed by atoms with E-state index in [0.29, 0.717) is 0 Å². The zero-order chi connectivity index (χ0) is 19.3. The largest absolute Gasteiger partial charge is 0.317 e. The van der Waals surface area contributed by atoms with Crippen LogP contribution in [0.5, 0.6) is 0 Å². The molecule has 0 bridgehead atoms. The van der Waals surface area contributed by atoms with Crippen molar-refractivity contribution in [3.8, 4) is 0 Å². The summed E-state index contributed by atoms with van der Waals surface area (Å²) in [5, 5.41) is 1.21. The molecule has 1 aliphatic carbocycles. The van der Waals surface area contributed by atoms with Gasteiger partial charge in [0.2, 0.25) is 0 Å². The first kappa shape index (κ1) is 17.6. The number of hydrogen-bond acceptors (Lipinski definition) is 2. The summed E-state index contributed by atoms with van der Waals surface area (Å²) in [6.45, 7) is 3.83. The van der Waals surface area contributed by atoms with E-state index in [4.69, 9.17) is 0 Å². The summed E-state index contributed by atoms with van der Waals surface area (Å²) in [4.78, 5) is 6.69. The van der Waals surface area contributed by atoms with Gasteiger partial charge in [0.05, 0.1) is 5.52 Å². The van der Waals surface area contributed by atoms with Crippen LogP contribution in [-0.2, 0) is 26.1 Å². The molecule has 3 heterocycles. The van der Waals surface area contributed by atoms with Crippen molar-refractivity contribution in [2.24, 2.45) is 0 Å². The molecule has 4 heteroatoms. The minimum Gasteiger partial charge on any atom is -0.317 e. The molecule has 3 aromatic rings. The molecule has 0 radical (unpaired) electrons. The topological polar surface area (TPSA) is 21.1 Å². The molecule has 0 spiro atoms. The van der Waals surface area contributed by atoms with Gasteiger partial charge in [0.25, 0.3) is 0 Å². The van der Waals surface area contributed by atoms with Crippen molar-refractivity contribution in [2.45, 2.75) is 45.8 Å². The fourth-order valence-corrected chi connectivity index (χ4v) is 5.03. The predicted molar refractivity (Wildman–Crippen MR) is 113 cm³/mol. The van der Waals surface area contributed by atoms with Crippen LogP contribution in [0.15, 0.2) is 36.7 Å². The lowest BCUT2D eigenvalue weighted by molar-refractivity contribution is 0.311. The van der Waals surface area contributed by atoms with Gasteiger partial charge < -0.3 is 9.47 Å². The van der Waals surface area contributed by atoms with Crippen LogP contribution in [-0.4, -0.2) is 28.0 Å². The Bertz CT molecular complexity index is 1090. The third-order valence-electron chi connectivity index (χ3n) is 6.43. The molecule has 28 heavy (non-hydrogen) atoms. The number of rotatable bonds is 2. The number of likely N-dealkylation sites (N-methyl/N-ethyl adjacent to an activating group) is 1. The Kier molecular flexibility index (Phi) is 4.31. The molecular weight excluding hydrogens is 349 g/mol. The molecule has 144 valence electrons. The molecule has 0 atom stereocenters. The first-order valence-electron chi connectivity index (χ1n) is 10.2. The molecule has 0 amide bonds. The van der Waals surface area contributed by atoms with Crippen LogP contribution in [0.2, 0.25) is 0 Å². The second-order valence-electron chi connectivity index (χ2n) is 8.18. The van der Waals surface area contributed by atoms with Gasteiger partial charge in [0.15, 0.2) is 0 Å². The highest BCUT2D eigenvalue weighted by molar-refractivity contribution is 5.94. The Morgan fingerprint density at radius 2 is 2.07 bits per heavy atom. The fraction of sp³-hybridized carbons (Fsp3) is 0.375. The van der Waals surface area contributed by atoms with E-state index in [1.165, 1.54) is 51.0 Å². The van der Waals surface area contributed by atoms with Gasteiger partial charge in [-0.15, -0.1) is 0 Å². The number of pyridine rings is 1. The van der Waals surface area contributed by atoms with Crippen molar-refractivity contribution < 1.29 is 4.39 Å². The smallest absolute Gasteiger partial charge is 0.115 e. The summed E-state index contributed by atoms with van der Waals surface area (Å²) in [5.74, 6) is 0. The molecule has 0 saturated carbocycles. The Balaban J connectivity index is 1.78. The standard InChI is InChI=1S/C24H26FN3/c1-16(19-5-3-4-18-14-26-10-8-20(18)19)28-23-7-6-17(13-25)12-21(23)22-15-27(2)11-9-24(22)28/h6-8,10,12,14H,3-5,9,11,13,15H2,1-2H3. The summed E-state index contributed by atoms with van der Waals surface area (Å²) in [6.07, 6.45) is 8.33. The van der Waals surface area contributed by atoms with Crippen LogP contribution >= 0.6 is 0 Å². The zero-order valence-corrected chi connectivity index (χ0v) is 16.6. The number of halogens is 1. The summed E-state index contributed by atoms with van der Waals surface area (Å²) >= 11 is 0. The van der Waals surface area contributed by atoms with Crippen molar-refractivity contribution in [1.29, 1.82) is 0 Å². The van der Waals surface area contributed by atoms with E-state index < -0.39 is 6.67 Å². The first-order chi connectivity index (χ1) is 13.7. The van der Waals surface area contributed by atoms with Gasteiger partial charge in [-0.05, 0) is 79.3 Å². The van der Waals surface area contributed by atoms with Gasteiger partial charge in [0.1, 0.15) is 6.67 Å². The van der Waals surface area contributed by atoms with Crippen molar-refractivity contribution in [1.82, 2.24) is 14.5 Å². The maximum atomic E-state index is 13.4. The average Bonchev–Trinajstić information content (AvgIpc) is 3.05. The van der Waals surface area contributed by atoms with Crippen LogP contribution < -0.4 is 0 Å². The Labute approximate surface area is 165 Å². The van der Waals surface area contributed by atoms with Crippen LogP contribution in [0.4, 0.5) is 4.39 Å². The maximum Gasteiger partial charge on any atom is 0.115 e. The number of benzene rings is 1. The van der Waals surface area contributed by atoms with E-state index in [2.05, 4.69) is 46.6 Å². The van der Waals surface area contributed by atoms with E-state index >= 15 is 0 Å². The Morgan fingerprint density at radius 3 is 2.93 bits per heavy atom. The quantitative estimate of drug-likeness (QED) is 0.612. The van der Waals surface area contributed by atoms with Crippen molar-refractivity contribution in [2.75, 3.05) is 13.6 Å². The molecule has 2 aliphatic rings. The Morgan fingerprint density at radius 1 is 1.18 bits per heavy atom. The predicted octanol–water partition coefficient (Wildman–Crippen LogP) is 5.22. The van der Waals surface area contributed by atoms with Gasteiger partial charge in [-0.1, -0.05) is 6.07 Å². The third-order valence-corrected chi connectivity index (χ3v) is 6.43. The summed E-state index contributed by atoms with van der Waals surface area (Å²) in [5.41, 5.74) is 10.2. The molecule has 0 fully saturated rings. The minimum absolute atomic E-state index is 0.411. The number of hydrogen-bond donors (Lipinski definition) is 0. The van der Waals surface area contributed by atoms with Crippen molar-refractivity contribution in [3.63, 3.8) is 0 Å². The van der Waals surface area contributed by atoms with Gasteiger partial charge in [0, 0.05) is 48.7 Å². The molecule has 0 N–H and O–H groups in total. The molecule has 0 saturated heterocycles. The number of fused-ring (bicyclic) bond motifs is 4. The summed E-state index contributed by atoms with van der Waals surface area (Å²) in [6, 6.07) is 8.27. The normalized spacial score (nSPS) is 18.8. The van der Waals surface area contributed by atoms with Crippen molar-refractivity contribution >= 4 is 22.2 Å². The van der Waals surface area contributed by atoms with Crippen molar-refractivity contribution in [3.05, 3.63) is 64.6 Å².